The number of benzene rings is 1. The molecule has 1 saturated carbocycles. The van der Waals surface area contributed by atoms with Gasteiger partial charge in [0.05, 0.1) is 5.75 Å². The van der Waals surface area contributed by atoms with Gasteiger partial charge in [0, 0.05) is 5.92 Å². The third kappa shape index (κ3) is 2.88. The van der Waals surface area contributed by atoms with Crippen LogP contribution in [0.25, 0.3) is 0 Å². The zero-order valence-corrected chi connectivity index (χ0v) is 10.7. The first kappa shape index (κ1) is 11.7. The molecule has 0 radical (unpaired) electrons. The van der Waals surface area contributed by atoms with E-state index in [9.17, 15) is 4.79 Å². The van der Waals surface area contributed by atoms with Crippen molar-refractivity contribution in [1.82, 2.24) is 0 Å². The van der Waals surface area contributed by atoms with Gasteiger partial charge in [-0.2, -0.15) is 11.8 Å². The Hall–Kier alpha value is -0.760. The molecule has 1 fully saturated rings. The quantitative estimate of drug-likeness (QED) is 0.775. The lowest BCUT2D eigenvalue weighted by atomic mass is 10.1. The second kappa shape index (κ2) is 5.05. The highest BCUT2D eigenvalue weighted by Crippen LogP contribution is 2.48. The SMILES string of the molecule is CC(C)SCC(=O)C1CC1c1ccccc1. The summed E-state index contributed by atoms with van der Waals surface area (Å²) in [5, 5.41) is 0.554. The van der Waals surface area contributed by atoms with Gasteiger partial charge in [-0.05, 0) is 23.2 Å². The predicted molar refractivity (Wildman–Crippen MR) is 69.9 cm³/mol. The molecule has 0 aliphatic heterocycles. The topological polar surface area (TPSA) is 17.1 Å². The molecular formula is C14H18OS. The van der Waals surface area contributed by atoms with Crippen molar-refractivity contribution >= 4 is 17.5 Å². The van der Waals surface area contributed by atoms with Crippen LogP contribution < -0.4 is 0 Å². The lowest BCUT2D eigenvalue weighted by Gasteiger charge is -2.03. The van der Waals surface area contributed by atoms with Crippen molar-refractivity contribution in [3.63, 3.8) is 0 Å². The van der Waals surface area contributed by atoms with Gasteiger partial charge in [0.15, 0.2) is 0 Å². The summed E-state index contributed by atoms with van der Waals surface area (Å²) in [7, 11) is 0. The second-order valence-corrected chi connectivity index (χ2v) is 6.25. The fourth-order valence-electron chi connectivity index (χ4n) is 1.98. The Morgan fingerprint density at radius 2 is 2.06 bits per heavy atom. The zero-order chi connectivity index (χ0) is 11.5. The first-order valence-electron chi connectivity index (χ1n) is 5.87. The molecule has 2 heteroatoms. The van der Waals surface area contributed by atoms with Crippen LogP contribution in [0.3, 0.4) is 0 Å². The molecule has 1 aliphatic rings. The van der Waals surface area contributed by atoms with Gasteiger partial charge in [-0.3, -0.25) is 4.79 Å². The summed E-state index contributed by atoms with van der Waals surface area (Å²) in [6.45, 7) is 4.28. The summed E-state index contributed by atoms with van der Waals surface area (Å²) in [5.74, 6) is 1.92. The molecule has 0 bridgehead atoms. The van der Waals surface area contributed by atoms with Crippen molar-refractivity contribution in [3.8, 4) is 0 Å². The highest BCUT2D eigenvalue weighted by atomic mass is 32.2. The average Bonchev–Trinajstić information content (AvgIpc) is 3.07. The highest BCUT2D eigenvalue weighted by Gasteiger charge is 2.43. The second-order valence-electron chi connectivity index (χ2n) is 4.69. The maximum absolute atomic E-state index is 11.9. The maximum atomic E-state index is 11.9. The number of carbonyl (C=O) groups excluding carboxylic acids is 1. The summed E-state index contributed by atoms with van der Waals surface area (Å²) in [6.07, 6.45) is 1.06. The van der Waals surface area contributed by atoms with Crippen LogP contribution in [0.2, 0.25) is 0 Å². The van der Waals surface area contributed by atoms with E-state index in [0.717, 1.165) is 6.42 Å². The molecule has 1 nitrogen and oxygen atoms in total. The van der Waals surface area contributed by atoms with E-state index in [-0.39, 0.29) is 0 Å². The Balaban J connectivity index is 1.85. The Bertz CT molecular complexity index is 358. The number of hydrogen-bond acceptors (Lipinski definition) is 2. The number of rotatable bonds is 5. The molecule has 0 amide bonds. The van der Waals surface area contributed by atoms with Crippen LogP contribution in [0.15, 0.2) is 30.3 Å². The number of Topliss-reactive ketones (excluding diaryl/α,β-unsaturated/α-hetero) is 1. The number of ketones is 1. The van der Waals surface area contributed by atoms with Crippen LogP contribution >= 0.6 is 11.8 Å². The molecule has 2 rings (SSSR count). The smallest absolute Gasteiger partial charge is 0.146 e. The zero-order valence-electron chi connectivity index (χ0n) is 9.85. The summed E-state index contributed by atoms with van der Waals surface area (Å²) in [6, 6.07) is 10.4. The van der Waals surface area contributed by atoms with Gasteiger partial charge in [-0.15, -0.1) is 0 Å². The minimum atomic E-state index is 0.300. The van der Waals surface area contributed by atoms with E-state index < -0.39 is 0 Å². The van der Waals surface area contributed by atoms with Crippen molar-refractivity contribution in [2.75, 3.05) is 5.75 Å². The Labute approximate surface area is 102 Å². The molecule has 0 N–H and O–H groups in total. The molecule has 2 atom stereocenters. The number of hydrogen-bond donors (Lipinski definition) is 0. The van der Waals surface area contributed by atoms with Crippen molar-refractivity contribution in [1.29, 1.82) is 0 Å². The molecule has 0 spiro atoms. The van der Waals surface area contributed by atoms with Gasteiger partial charge in [-0.1, -0.05) is 44.2 Å². The molecular weight excluding hydrogens is 216 g/mol. The summed E-state index contributed by atoms with van der Waals surface area (Å²) >= 11 is 1.76. The van der Waals surface area contributed by atoms with E-state index in [4.69, 9.17) is 0 Å². The minimum Gasteiger partial charge on any atom is -0.298 e. The Kier molecular flexibility index (Phi) is 3.70. The van der Waals surface area contributed by atoms with E-state index in [1.807, 2.05) is 6.07 Å². The van der Waals surface area contributed by atoms with E-state index >= 15 is 0 Å². The molecule has 86 valence electrons. The Morgan fingerprint density at radius 3 is 2.69 bits per heavy atom. The number of carbonyl (C=O) groups is 1. The van der Waals surface area contributed by atoms with E-state index in [2.05, 4.69) is 38.1 Å². The van der Waals surface area contributed by atoms with Crippen LogP contribution in [0, 0.1) is 5.92 Å². The highest BCUT2D eigenvalue weighted by molar-refractivity contribution is 8.00. The summed E-state index contributed by atoms with van der Waals surface area (Å²) < 4.78 is 0. The molecule has 0 saturated heterocycles. The molecule has 16 heavy (non-hydrogen) atoms. The molecule has 2 unspecified atom stereocenters. The third-order valence-electron chi connectivity index (χ3n) is 2.99. The maximum Gasteiger partial charge on any atom is 0.146 e. The summed E-state index contributed by atoms with van der Waals surface area (Å²) in [5.41, 5.74) is 1.33. The molecule has 0 aromatic heterocycles. The minimum absolute atomic E-state index is 0.300. The van der Waals surface area contributed by atoms with Gasteiger partial charge < -0.3 is 0 Å². The normalized spacial score (nSPS) is 23.4. The predicted octanol–water partition coefficient (Wildman–Crippen LogP) is 3.50. The average molecular weight is 234 g/mol. The van der Waals surface area contributed by atoms with Crippen molar-refractivity contribution in [2.24, 2.45) is 5.92 Å². The van der Waals surface area contributed by atoms with Crippen LogP contribution in [0.4, 0.5) is 0 Å². The van der Waals surface area contributed by atoms with E-state index in [1.54, 1.807) is 11.8 Å². The van der Waals surface area contributed by atoms with Gasteiger partial charge in [0.2, 0.25) is 0 Å². The van der Waals surface area contributed by atoms with E-state index in [0.29, 0.717) is 28.6 Å². The fourth-order valence-corrected chi connectivity index (χ4v) is 2.69. The molecule has 1 aromatic carbocycles. The van der Waals surface area contributed by atoms with Crippen molar-refractivity contribution in [2.45, 2.75) is 31.4 Å². The van der Waals surface area contributed by atoms with Crippen molar-refractivity contribution in [3.05, 3.63) is 35.9 Å². The fraction of sp³-hybridized carbons (Fsp3) is 0.500. The van der Waals surface area contributed by atoms with E-state index in [1.165, 1.54) is 5.56 Å². The first-order valence-corrected chi connectivity index (χ1v) is 6.92. The monoisotopic (exact) mass is 234 g/mol. The van der Waals surface area contributed by atoms with Crippen LogP contribution in [-0.4, -0.2) is 16.8 Å². The first-order chi connectivity index (χ1) is 7.68. The van der Waals surface area contributed by atoms with Crippen LogP contribution in [0.1, 0.15) is 31.7 Å². The van der Waals surface area contributed by atoms with Crippen LogP contribution in [0.5, 0.6) is 0 Å². The summed E-state index contributed by atoms with van der Waals surface area (Å²) in [4.78, 5) is 11.9. The van der Waals surface area contributed by atoms with Gasteiger partial charge >= 0.3 is 0 Å². The van der Waals surface area contributed by atoms with Crippen molar-refractivity contribution < 1.29 is 4.79 Å². The third-order valence-corrected chi connectivity index (χ3v) is 4.11. The lowest BCUT2D eigenvalue weighted by Crippen LogP contribution is -2.07. The molecule has 1 aliphatic carbocycles. The number of thioether (sulfide) groups is 1. The lowest BCUT2D eigenvalue weighted by molar-refractivity contribution is -0.117. The van der Waals surface area contributed by atoms with Gasteiger partial charge in [0.25, 0.3) is 0 Å². The molecule has 1 aromatic rings. The standard InChI is InChI=1S/C14H18OS/c1-10(2)16-9-14(15)13-8-12(13)11-6-4-3-5-7-11/h3-7,10,12-13H,8-9H2,1-2H3. The molecule has 0 heterocycles. The largest absolute Gasteiger partial charge is 0.298 e. The van der Waals surface area contributed by atoms with Crippen LogP contribution in [-0.2, 0) is 4.79 Å². The van der Waals surface area contributed by atoms with Gasteiger partial charge in [-0.25, -0.2) is 0 Å². The van der Waals surface area contributed by atoms with Gasteiger partial charge in [0.1, 0.15) is 5.78 Å². The Morgan fingerprint density at radius 1 is 1.38 bits per heavy atom.